The molecule has 31 heavy (non-hydrogen) atoms. The summed E-state index contributed by atoms with van der Waals surface area (Å²) >= 11 is 0. The molecule has 0 N–H and O–H groups in total. The van der Waals surface area contributed by atoms with Crippen LogP contribution >= 0.6 is 0 Å². The first-order valence-corrected chi connectivity index (χ1v) is 10.2. The van der Waals surface area contributed by atoms with Gasteiger partial charge in [0.1, 0.15) is 18.9 Å². The fourth-order valence-corrected chi connectivity index (χ4v) is 3.57. The molecule has 0 saturated heterocycles. The lowest BCUT2D eigenvalue weighted by molar-refractivity contribution is -0.389. The lowest BCUT2D eigenvalue weighted by Crippen LogP contribution is -2.32. The predicted octanol–water partition coefficient (Wildman–Crippen LogP) is 3.20. The number of hydrogen-bond donors (Lipinski definition) is 0. The van der Waals surface area contributed by atoms with Crippen molar-refractivity contribution >= 4 is 17.5 Å². The van der Waals surface area contributed by atoms with E-state index in [-0.39, 0.29) is 24.5 Å². The average molecular weight is 422 g/mol. The number of rotatable bonds is 7. The van der Waals surface area contributed by atoms with Crippen molar-refractivity contribution in [2.24, 2.45) is 0 Å². The summed E-state index contributed by atoms with van der Waals surface area (Å²) in [7, 11) is 1.94. The number of aromatic nitrogens is 4. The van der Waals surface area contributed by atoms with Crippen molar-refractivity contribution in [3.63, 3.8) is 0 Å². The summed E-state index contributed by atoms with van der Waals surface area (Å²) in [5.74, 6) is 1.12. The Balaban J connectivity index is 1.17. The van der Waals surface area contributed by atoms with Crippen LogP contribution < -0.4 is 9.64 Å². The molecule has 1 atom stereocenters. The van der Waals surface area contributed by atoms with Crippen LogP contribution in [0, 0.1) is 10.1 Å². The molecule has 2 aliphatic rings. The third kappa shape index (κ3) is 4.19. The molecule has 0 unspecified atom stereocenters. The van der Waals surface area contributed by atoms with Gasteiger partial charge in [-0.25, -0.2) is 9.97 Å². The van der Waals surface area contributed by atoms with E-state index in [0.717, 1.165) is 17.2 Å². The van der Waals surface area contributed by atoms with Gasteiger partial charge in [0.15, 0.2) is 0 Å². The normalized spacial score (nSPS) is 17.6. The summed E-state index contributed by atoms with van der Waals surface area (Å²) in [6, 6.07) is 8.81. The van der Waals surface area contributed by atoms with Crippen LogP contribution in [0.15, 0.2) is 42.9 Å². The Morgan fingerprint density at radius 3 is 2.68 bits per heavy atom. The van der Waals surface area contributed by atoms with Crippen LogP contribution in [0.1, 0.15) is 29.9 Å². The minimum absolute atomic E-state index is 0.231. The van der Waals surface area contributed by atoms with Crippen LogP contribution in [0.3, 0.4) is 0 Å². The molecule has 0 bridgehead atoms. The van der Waals surface area contributed by atoms with Crippen molar-refractivity contribution < 1.29 is 14.4 Å². The van der Waals surface area contributed by atoms with Gasteiger partial charge < -0.3 is 24.5 Å². The van der Waals surface area contributed by atoms with Crippen LogP contribution in [0.4, 0.5) is 17.5 Å². The van der Waals surface area contributed by atoms with Crippen molar-refractivity contribution in [2.45, 2.75) is 38.0 Å². The van der Waals surface area contributed by atoms with E-state index in [1.807, 2.05) is 11.9 Å². The number of nitro groups is 1. The molecule has 10 nitrogen and oxygen atoms in total. The molecule has 0 spiro atoms. The first-order valence-electron chi connectivity index (χ1n) is 10.2. The monoisotopic (exact) mass is 422 g/mol. The zero-order valence-corrected chi connectivity index (χ0v) is 17.0. The predicted molar refractivity (Wildman–Crippen MR) is 111 cm³/mol. The second-order valence-electron chi connectivity index (χ2n) is 7.85. The minimum atomic E-state index is -0.540. The first-order chi connectivity index (χ1) is 15.1. The fourth-order valence-electron chi connectivity index (χ4n) is 3.57. The van der Waals surface area contributed by atoms with Gasteiger partial charge in [0.25, 0.3) is 0 Å². The van der Waals surface area contributed by atoms with Crippen LogP contribution in [0.2, 0.25) is 0 Å². The molecule has 1 fully saturated rings. The van der Waals surface area contributed by atoms with Crippen molar-refractivity contribution in [3.05, 3.63) is 64.1 Å². The van der Waals surface area contributed by atoms with Crippen molar-refractivity contribution in [1.29, 1.82) is 0 Å². The quantitative estimate of drug-likeness (QED) is 0.422. The summed E-state index contributed by atoms with van der Waals surface area (Å²) in [6.07, 6.45) is 7.18. The number of nitrogens with zero attached hydrogens (tertiary/aromatic N) is 6. The highest BCUT2D eigenvalue weighted by Crippen LogP contribution is 2.40. The van der Waals surface area contributed by atoms with Crippen molar-refractivity contribution in [1.82, 2.24) is 19.5 Å². The van der Waals surface area contributed by atoms with Crippen molar-refractivity contribution in [3.8, 4) is 6.01 Å². The van der Waals surface area contributed by atoms with Crippen LogP contribution in [0.5, 0.6) is 6.01 Å². The molecular weight excluding hydrogens is 400 g/mol. The second kappa shape index (κ2) is 7.95. The Morgan fingerprint density at radius 1 is 1.26 bits per heavy atom. The van der Waals surface area contributed by atoms with Gasteiger partial charge in [0, 0.05) is 35.7 Å². The lowest BCUT2D eigenvalue weighted by atomic mass is 10.1. The van der Waals surface area contributed by atoms with Crippen LogP contribution in [-0.2, 0) is 17.9 Å². The molecule has 10 heteroatoms. The Morgan fingerprint density at radius 2 is 2.00 bits per heavy atom. The van der Waals surface area contributed by atoms with Gasteiger partial charge in [-0.1, -0.05) is 12.1 Å². The van der Waals surface area contributed by atoms with E-state index >= 15 is 0 Å². The molecule has 1 saturated carbocycles. The molecule has 0 radical (unpaired) electrons. The highest BCUT2D eigenvalue weighted by Gasteiger charge is 2.28. The van der Waals surface area contributed by atoms with Gasteiger partial charge in [-0.15, -0.1) is 0 Å². The Labute approximate surface area is 178 Å². The number of fused-ring (bicyclic) bond motifs is 1. The maximum absolute atomic E-state index is 10.8. The van der Waals surface area contributed by atoms with Gasteiger partial charge >= 0.3 is 11.8 Å². The summed E-state index contributed by atoms with van der Waals surface area (Å²) < 4.78 is 12.9. The fraction of sp³-hybridized carbons (Fsp3) is 0.381. The average Bonchev–Trinajstić information content (AvgIpc) is 3.56. The smallest absolute Gasteiger partial charge is 0.414 e. The number of hydrogen-bond acceptors (Lipinski definition) is 8. The van der Waals surface area contributed by atoms with Crippen LogP contribution in [-0.4, -0.2) is 44.2 Å². The molecule has 3 heterocycles. The maximum atomic E-state index is 10.8. The summed E-state index contributed by atoms with van der Waals surface area (Å²) in [5, 5.41) is 10.8. The standard InChI is InChI=1S/C21H22N6O4/c1-25(17-6-4-16(5-7-17)15-2-3-15)20-22-8-14(9-23-20)12-30-18-10-26-11-19(27(28)29)24-21(26)31-13-18/h4-9,11,15,18H,2-3,10,12-13H2,1H3/t18-/m0/s1. The SMILES string of the molecule is CN(c1ccc(C2CC2)cc1)c1ncc(CO[C@@H]2COc3nc([N+](=O)[O-])cn3C2)cn1. The number of anilines is 2. The van der Waals surface area contributed by atoms with E-state index in [1.54, 1.807) is 17.0 Å². The molecule has 2 aromatic heterocycles. The number of imidazole rings is 1. The molecule has 3 aromatic rings. The number of benzene rings is 1. The molecule has 0 amide bonds. The summed E-state index contributed by atoms with van der Waals surface area (Å²) in [6.45, 7) is 1.04. The van der Waals surface area contributed by atoms with Gasteiger partial charge in [-0.3, -0.25) is 4.57 Å². The third-order valence-corrected chi connectivity index (χ3v) is 5.52. The largest absolute Gasteiger partial charge is 0.443 e. The topological polar surface area (TPSA) is 108 Å². The van der Waals surface area contributed by atoms with Crippen LogP contribution in [0.25, 0.3) is 0 Å². The maximum Gasteiger partial charge on any atom is 0.414 e. The first kappa shape index (κ1) is 19.4. The van der Waals surface area contributed by atoms with E-state index in [2.05, 4.69) is 39.2 Å². The number of ether oxygens (including phenoxy) is 2. The second-order valence-corrected chi connectivity index (χ2v) is 7.85. The molecule has 1 aliphatic heterocycles. The Hall–Kier alpha value is -3.53. The lowest BCUT2D eigenvalue weighted by Gasteiger charge is -2.22. The summed E-state index contributed by atoms with van der Waals surface area (Å²) in [4.78, 5) is 25.0. The zero-order valence-electron chi connectivity index (χ0n) is 17.0. The Bertz CT molecular complexity index is 1080. The Kier molecular flexibility index (Phi) is 4.99. The van der Waals surface area contributed by atoms with Gasteiger partial charge in [-0.2, -0.15) is 0 Å². The van der Waals surface area contributed by atoms with Gasteiger partial charge in [0.2, 0.25) is 5.95 Å². The highest BCUT2D eigenvalue weighted by atomic mass is 16.6. The third-order valence-electron chi connectivity index (χ3n) is 5.52. The summed E-state index contributed by atoms with van der Waals surface area (Å²) in [5.41, 5.74) is 3.27. The van der Waals surface area contributed by atoms with E-state index in [1.165, 1.54) is 24.6 Å². The zero-order chi connectivity index (χ0) is 21.4. The molecule has 1 aliphatic carbocycles. The molecule has 5 rings (SSSR count). The van der Waals surface area contributed by atoms with E-state index in [0.29, 0.717) is 19.1 Å². The minimum Gasteiger partial charge on any atom is -0.443 e. The van der Waals surface area contributed by atoms with E-state index < -0.39 is 4.92 Å². The molecule has 1 aromatic carbocycles. The van der Waals surface area contributed by atoms with Gasteiger partial charge in [-0.05, 0) is 41.4 Å². The molecular formula is C21H22N6O4. The molecule has 160 valence electrons. The van der Waals surface area contributed by atoms with E-state index in [4.69, 9.17) is 9.47 Å². The van der Waals surface area contributed by atoms with E-state index in [9.17, 15) is 10.1 Å². The van der Waals surface area contributed by atoms with Gasteiger partial charge in [0.05, 0.1) is 13.2 Å². The van der Waals surface area contributed by atoms with Crippen molar-refractivity contribution in [2.75, 3.05) is 18.6 Å². The highest BCUT2D eigenvalue weighted by molar-refractivity contribution is 5.56.